The summed E-state index contributed by atoms with van der Waals surface area (Å²) in [6, 6.07) is 24.1. The average molecular weight is 439 g/mol. The van der Waals surface area contributed by atoms with Gasteiger partial charge in [-0.2, -0.15) is 5.10 Å². The molecule has 0 saturated heterocycles. The van der Waals surface area contributed by atoms with Crippen molar-refractivity contribution in [3.63, 3.8) is 0 Å². The number of hydrazone groups is 1. The van der Waals surface area contributed by atoms with Gasteiger partial charge in [-0.1, -0.05) is 61.2 Å². The van der Waals surface area contributed by atoms with Gasteiger partial charge in [-0.25, -0.2) is 5.01 Å². The second kappa shape index (κ2) is 11.0. The number of nitrogens with one attached hydrogen (secondary N) is 1. The number of hydrogen-bond acceptors (Lipinski definition) is 7. The third kappa shape index (κ3) is 5.58. The molecule has 0 saturated carbocycles. The molecule has 0 amide bonds. The summed E-state index contributed by atoms with van der Waals surface area (Å²) in [6.07, 6.45) is 2.52. The lowest BCUT2D eigenvalue weighted by molar-refractivity contribution is 0.289. The second-order valence-corrected chi connectivity index (χ2v) is 7.36. The summed E-state index contributed by atoms with van der Waals surface area (Å²) in [4.78, 5) is 4.70. The molecule has 4 aromatic rings. The minimum absolute atomic E-state index is 0.292. The Labute approximate surface area is 193 Å². The van der Waals surface area contributed by atoms with Crippen molar-refractivity contribution in [1.82, 2.24) is 20.5 Å². The molecule has 4 rings (SSSR count). The number of benzene rings is 2. The van der Waals surface area contributed by atoms with Crippen molar-refractivity contribution in [1.29, 1.82) is 0 Å². The Morgan fingerprint density at radius 1 is 0.909 bits per heavy atom. The lowest BCUT2D eigenvalue weighted by Gasteiger charge is -2.15. The van der Waals surface area contributed by atoms with Crippen molar-refractivity contribution in [3.8, 4) is 5.88 Å². The fourth-order valence-corrected chi connectivity index (χ4v) is 3.50. The number of pyridine rings is 1. The molecule has 0 fully saturated rings. The Kier molecular flexibility index (Phi) is 7.35. The number of aromatic nitrogens is 3. The minimum Gasteiger partial charge on any atom is -0.470 e. The highest BCUT2D eigenvalue weighted by atomic mass is 16.5. The molecule has 0 unspecified atom stereocenters. The smallest absolute Gasteiger partial charge is 0.241 e. The van der Waals surface area contributed by atoms with Crippen molar-refractivity contribution in [2.45, 2.75) is 19.6 Å². The Morgan fingerprint density at radius 3 is 2.45 bits per heavy atom. The van der Waals surface area contributed by atoms with Crippen molar-refractivity contribution in [2.24, 2.45) is 5.10 Å². The maximum atomic E-state index is 6.00. The molecular formula is C26H26N6O. The van der Waals surface area contributed by atoms with Crippen LogP contribution in [-0.2, 0) is 19.6 Å². The van der Waals surface area contributed by atoms with Gasteiger partial charge in [0.25, 0.3) is 0 Å². The molecule has 0 aliphatic heterocycles. The van der Waals surface area contributed by atoms with Gasteiger partial charge in [0.05, 0.1) is 11.4 Å². The fraction of sp³-hybridized carbons (Fsp3) is 0.154. The molecule has 33 heavy (non-hydrogen) atoms. The van der Waals surface area contributed by atoms with E-state index in [0.29, 0.717) is 24.8 Å². The van der Waals surface area contributed by atoms with Gasteiger partial charge >= 0.3 is 0 Å². The van der Waals surface area contributed by atoms with Crippen LogP contribution in [0.4, 0.5) is 5.82 Å². The number of anilines is 1. The molecule has 0 radical (unpaired) electrons. The number of ether oxygens (including phenoxy) is 1. The van der Waals surface area contributed by atoms with E-state index in [1.807, 2.05) is 48.5 Å². The van der Waals surface area contributed by atoms with Gasteiger partial charge < -0.3 is 10.1 Å². The zero-order valence-electron chi connectivity index (χ0n) is 18.4. The molecule has 1 N–H and O–H groups in total. The molecule has 7 nitrogen and oxygen atoms in total. The van der Waals surface area contributed by atoms with E-state index in [4.69, 9.17) is 9.72 Å². The normalized spacial score (nSPS) is 10.7. The van der Waals surface area contributed by atoms with Crippen LogP contribution in [0, 0.1) is 0 Å². The molecular weight excluding hydrogens is 412 g/mol. The molecule has 2 heterocycles. The van der Waals surface area contributed by atoms with Gasteiger partial charge in [-0.05, 0) is 36.7 Å². The third-order valence-corrected chi connectivity index (χ3v) is 5.14. The molecule has 0 aliphatic carbocycles. The fourth-order valence-electron chi connectivity index (χ4n) is 3.50. The maximum Gasteiger partial charge on any atom is 0.241 e. The lowest BCUT2D eigenvalue weighted by Crippen LogP contribution is -2.18. The van der Waals surface area contributed by atoms with Crippen molar-refractivity contribution in [3.05, 3.63) is 103 Å². The van der Waals surface area contributed by atoms with Crippen LogP contribution in [0.1, 0.15) is 17.0 Å². The summed E-state index contributed by atoms with van der Waals surface area (Å²) in [5, 5.41) is 19.1. The predicted octanol–water partition coefficient (Wildman–Crippen LogP) is 4.50. The van der Waals surface area contributed by atoms with Gasteiger partial charge in [0, 0.05) is 30.2 Å². The van der Waals surface area contributed by atoms with Crippen molar-refractivity contribution >= 4 is 23.3 Å². The van der Waals surface area contributed by atoms with E-state index in [1.54, 1.807) is 0 Å². The van der Waals surface area contributed by atoms with Gasteiger partial charge in [0.1, 0.15) is 6.61 Å². The van der Waals surface area contributed by atoms with Crippen LogP contribution in [0.2, 0.25) is 0 Å². The molecule has 0 atom stereocenters. The molecule has 0 aliphatic rings. The summed E-state index contributed by atoms with van der Waals surface area (Å²) >= 11 is 0. The second-order valence-electron chi connectivity index (χ2n) is 7.36. The highest BCUT2D eigenvalue weighted by Gasteiger charge is 2.14. The molecule has 2 aromatic carbocycles. The highest BCUT2D eigenvalue weighted by molar-refractivity contribution is 5.95. The first kappa shape index (κ1) is 22.1. The average Bonchev–Trinajstić information content (AvgIpc) is 2.87. The van der Waals surface area contributed by atoms with Crippen LogP contribution in [0.3, 0.4) is 0 Å². The summed E-state index contributed by atoms with van der Waals surface area (Å²) in [5.41, 5.74) is 3.11. The van der Waals surface area contributed by atoms with E-state index in [0.717, 1.165) is 35.1 Å². The number of rotatable bonds is 11. The van der Waals surface area contributed by atoms with E-state index in [-0.39, 0.29) is 0 Å². The molecule has 166 valence electrons. The highest BCUT2D eigenvalue weighted by Crippen LogP contribution is 2.30. The van der Waals surface area contributed by atoms with Crippen LogP contribution < -0.4 is 15.1 Å². The van der Waals surface area contributed by atoms with Crippen LogP contribution in [-0.4, -0.2) is 28.4 Å². The Hall–Kier alpha value is -4.10. The Bertz CT molecular complexity index is 1220. The van der Waals surface area contributed by atoms with Gasteiger partial charge in [0.2, 0.25) is 5.88 Å². The monoisotopic (exact) mass is 438 g/mol. The lowest BCUT2D eigenvalue weighted by atomic mass is 10.1. The number of fused-ring (bicyclic) bond motifs is 1. The largest absolute Gasteiger partial charge is 0.470 e. The van der Waals surface area contributed by atoms with Crippen LogP contribution in [0.5, 0.6) is 5.88 Å². The number of nitrogens with zero attached hydrogens (tertiary/aromatic N) is 5. The van der Waals surface area contributed by atoms with Crippen molar-refractivity contribution < 1.29 is 4.74 Å². The van der Waals surface area contributed by atoms with Crippen LogP contribution in [0.15, 0.2) is 90.7 Å². The van der Waals surface area contributed by atoms with Crippen LogP contribution >= 0.6 is 0 Å². The standard InChI is InChI=1S/C26H26N6O/c1-3-32(27-2)25-23-14-7-8-15-24(23)26(31-30-25)33-19-22-13-9-12-21(29-22)18-28-17-16-20-10-5-4-6-11-20/h3-15,28H,1-2,16-19H2. The number of hydrogen-bond donors (Lipinski definition) is 1. The topological polar surface area (TPSA) is 75.5 Å². The van der Waals surface area contributed by atoms with Crippen molar-refractivity contribution in [2.75, 3.05) is 11.6 Å². The zero-order chi connectivity index (χ0) is 22.9. The summed E-state index contributed by atoms with van der Waals surface area (Å²) < 4.78 is 6.00. The summed E-state index contributed by atoms with van der Waals surface area (Å²) in [6.45, 7) is 9.18. The summed E-state index contributed by atoms with van der Waals surface area (Å²) in [7, 11) is 0. The Balaban J connectivity index is 1.40. The molecule has 0 bridgehead atoms. The Morgan fingerprint density at radius 2 is 1.67 bits per heavy atom. The van der Waals surface area contributed by atoms with E-state index >= 15 is 0 Å². The molecule has 2 aromatic heterocycles. The van der Waals surface area contributed by atoms with E-state index in [2.05, 4.69) is 58.2 Å². The van der Waals surface area contributed by atoms with E-state index in [9.17, 15) is 0 Å². The zero-order valence-corrected chi connectivity index (χ0v) is 18.4. The predicted molar refractivity (Wildman–Crippen MR) is 132 cm³/mol. The first-order valence-corrected chi connectivity index (χ1v) is 10.7. The minimum atomic E-state index is 0.292. The maximum absolute atomic E-state index is 6.00. The van der Waals surface area contributed by atoms with Gasteiger partial charge in [-0.15, -0.1) is 10.2 Å². The van der Waals surface area contributed by atoms with E-state index < -0.39 is 0 Å². The molecule has 7 heteroatoms. The SMILES string of the molecule is C=CN(N=C)c1nnc(OCc2cccc(CNCCc3ccccc3)n2)c2ccccc12. The van der Waals surface area contributed by atoms with E-state index in [1.165, 1.54) is 16.8 Å². The molecule has 0 spiro atoms. The quantitative estimate of drug-likeness (QED) is 0.211. The van der Waals surface area contributed by atoms with Gasteiger partial charge in [-0.3, -0.25) is 4.98 Å². The van der Waals surface area contributed by atoms with Gasteiger partial charge in [0.15, 0.2) is 5.82 Å². The third-order valence-electron chi connectivity index (χ3n) is 5.14. The first-order valence-electron chi connectivity index (χ1n) is 10.7. The first-order chi connectivity index (χ1) is 16.3. The summed E-state index contributed by atoms with van der Waals surface area (Å²) in [5.74, 6) is 0.986. The van der Waals surface area contributed by atoms with Crippen LogP contribution in [0.25, 0.3) is 10.8 Å².